The van der Waals surface area contributed by atoms with Gasteiger partial charge in [-0.1, -0.05) is 37.8 Å². The van der Waals surface area contributed by atoms with Gasteiger partial charge in [0.15, 0.2) is 0 Å². The van der Waals surface area contributed by atoms with Gasteiger partial charge in [-0.05, 0) is 56.6 Å². The maximum atomic E-state index is 11.3. The highest BCUT2D eigenvalue weighted by Gasteiger charge is 2.28. The molecule has 4 heteroatoms. The first-order chi connectivity index (χ1) is 12.1. The van der Waals surface area contributed by atoms with Crippen LogP contribution in [0.2, 0.25) is 0 Å². The smallest absolute Gasteiger partial charge is 0.307 e. The number of aldehydes is 1. The molecule has 0 aromatic heterocycles. The van der Waals surface area contributed by atoms with E-state index in [-0.39, 0.29) is 24.4 Å². The van der Waals surface area contributed by atoms with E-state index in [0.717, 1.165) is 64.1 Å². The summed E-state index contributed by atoms with van der Waals surface area (Å²) in [4.78, 5) is 21.7. The molecule has 1 rings (SSSR count). The van der Waals surface area contributed by atoms with Crippen molar-refractivity contribution in [2.45, 2.75) is 77.2 Å². The Morgan fingerprint density at radius 2 is 2.16 bits per heavy atom. The zero-order valence-electron chi connectivity index (χ0n) is 15.3. The number of aliphatic hydroxyl groups is 1. The molecule has 0 aromatic rings. The Labute approximate surface area is 151 Å². The molecule has 3 atom stereocenters. The van der Waals surface area contributed by atoms with Crippen molar-refractivity contribution in [1.82, 2.24) is 0 Å². The van der Waals surface area contributed by atoms with E-state index < -0.39 is 5.97 Å². The average Bonchev–Trinajstić information content (AvgIpc) is 2.98. The van der Waals surface area contributed by atoms with Gasteiger partial charge in [-0.15, -0.1) is 5.73 Å². The van der Waals surface area contributed by atoms with Gasteiger partial charge in [0.1, 0.15) is 6.29 Å². The van der Waals surface area contributed by atoms with E-state index in [2.05, 4.69) is 18.7 Å². The minimum atomic E-state index is -0.861. The van der Waals surface area contributed by atoms with Crippen LogP contribution < -0.4 is 0 Å². The van der Waals surface area contributed by atoms with Gasteiger partial charge in [0.25, 0.3) is 0 Å². The number of carboxylic acid groups (broad SMARTS) is 1. The predicted molar refractivity (Wildman–Crippen MR) is 99.3 cm³/mol. The molecule has 4 nitrogen and oxygen atoms in total. The lowest BCUT2D eigenvalue weighted by Gasteiger charge is -2.19. The third kappa shape index (κ3) is 8.85. The van der Waals surface area contributed by atoms with Gasteiger partial charge < -0.3 is 15.0 Å². The van der Waals surface area contributed by atoms with E-state index in [9.17, 15) is 14.7 Å². The highest BCUT2D eigenvalue weighted by Crippen LogP contribution is 2.37. The molecular formula is C21H32O4. The van der Waals surface area contributed by atoms with Crippen LogP contribution in [0.3, 0.4) is 0 Å². The van der Waals surface area contributed by atoms with E-state index in [1.807, 2.05) is 6.08 Å². The molecule has 140 valence electrons. The van der Waals surface area contributed by atoms with Crippen molar-refractivity contribution in [3.05, 3.63) is 29.5 Å². The third-order valence-corrected chi connectivity index (χ3v) is 4.86. The maximum Gasteiger partial charge on any atom is 0.307 e. The van der Waals surface area contributed by atoms with Crippen LogP contribution in [0.4, 0.5) is 0 Å². The second kappa shape index (κ2) is 12.7. The van der Waals surface area contributed by atoms with Crippen LogP contribution >= 0.6 is 0 Å². The number of carbonyl (C=O) groups is 2. The van der Waals surface area contributed by atoms with Crippen molar-refractivity contribution in [2.24, 2.45) is 11.8 Å². The Morgan fingerprint density at radius 1 is 1.36 bits per heavy atom. The summed E-state index contributed by atoms with van der Waals surface area (Å²) in [6, 6.07) is 0. The van der Waals surface area contributed by atoms with Gasteiger partial charge in [-0.2, -0.15) is 0 Å². The summed E-state index contributed by atoms with van der Waals surface area (Å²) in [6.45, 7) is 2.16. The summed E-state index contributed by atoms with van der Waals surface area (Å²) in [5.41, 5.74) is 4.19. The van der Waals surface area contributed by atoms with Crippen LogP contribution in [0.1, 0.15) is 71.1 Å². The molecule has 0 bridgehead atoms. The minimum Gasteiger partial charge on any atom is -0.481 e. The van der Waals surface area contributed by atoms with Crippen molar-refractivity contribution >= 4 is 12.3 Å². The minimum absolute atomic E-state index is 0.0159. The number of aliphatic hydroxyl groups excluding tert-OH is 1. The normalized spacial score (nSPS) is 20.5. The molecular weight excluding hydrogens is 316 g/mol. The average molecular weight is 348 g/mol. The topological polar surface area (TPSA) is 74.6 Å². The molecule has 0 heterocycles. The van der Waals surface area contributed by atoms with E-state index >= 15 is 0 Å². The number of allylic oxidation sites excluding steroid dienone is 2. The van der Waals surface area contributed by atoms with Crippen molar-refractivity contribution in [1.29, 1.82) is 0 Å². The SMILES string of the molecule is CCCCC[C@H](O)CCC1=CCC(C=O)[C@H]1CCC=C=CCC(=O)O. The molecule has 0 saturated carbocycles. The molecule has 0 aromatic carbocycles. The van der Waals surface area contributed by atoms with Gasteiger partial charge in [0.2, 0.25) is 0 Å². The van der Waals surface area contributed by atoms with Gasteiger partial charge in [0, 0.05) is 5.92 Å². The summed E-state index contributed by atoms with van der Waals surface area (Å²) < 4.78 is 0. The van der Waals surface area contributed by atoms with Gasteiger partial charge in [-0.3, -0.25) is 4.79 Å². The molecule has 25 heavy (non-hydrogen) atoms. The molecule has 0 amide bonds. The Kier molecular flexibility index (Phi) is 10.9. The van der Waals surface area contributed by atoms with E-state index in [1.165, 1.54) is 11.6 Å². The number of hydrogen-bond acceptors (Lipinski definition) is 3. The number of rotatable bonds is 13. The maximum absolute atomic E-state index is 11.3. The molecule has 0 saturated heterocycles. The molecule has 1 aliphatic rings. The quantitative estimate of drug-likeness (QED) is 0.223. The number of aliphatic carboxylic acids is 1. The molecule has 0 spiro atoms. The van der Waals surface area contributed by atoms with Crippen molar-refractivity contribution in [3.8, 4) is 0 Å². The molecule has 0 aliphatic heterocycles. The summed E-state index contributed by atoms with van der Waals surface area (Å²) in [5, 5.41) is 18.7. The van der Waals surface area contributed by atoms with Crippen LogP contribution in [-0.2, 0) is 9.59 Å². The van der Waals surface area contributed by atoms with E-state index in [4.69, 9.17) is 5.11 Å². The summed E-state index contributed by atoms with van der Waals surface area (Å²) in [7, 11) is 0. The van der Waals surface area contributed by atoms with Crippen LogP contribution in [0.25, 0.3) is 0 Å². The first-order valence-electron chi connectivity index (χ1n) is 9.51. The first kappa shape index (κ1) is 21.4. The fourth-order valence-electron chi connectivity index (χ4n) is 3.40. The van der Waals surface area contributed by atoms with E-state index in [0.29, 0.717) is 0 Å². The lowest BCUT2D eigenvalue weighted by molar-refractivity contribution is -0.136. The summed E-state index contributed by atoms with van der Waals surface area (Å²) in [6.07, 6.45) is 14.7. The zero-order chi connectivity index (χ0) is 18.5. The van der Waals surface area contributed by atoms with Crippen LogP contribution in [-0.4, -0.2) is 28.6 Å². The van der Waals surface area contributed by atoms with Gasteiger partial charge in [-0.25, -0.2) is 0 Å². The molecule has 2 N–H and O–H groups in total. The number of carboxylic acids is 1. The van der Waals surface area contributed by atoms with Crippen LogP contribution in [0, 0.1) is 11.8 Å². The summed E-state index contributed by atoms with van der Waals surface area (Å²) >= 11 is 0. The van der Waals surface area contributed by atoms with Crippen LogP contribution in [0.5, 0.6) is 0 Å². The lowest BCUT2D eigenvalue weighted by Crippen LogP contribution is -2.14. The fraction of sp³-hybridized carbons (Fsp3) is 0.667. The zero-order valence-corrected chi connectivity index (χ0v) is 15.3. The fourth-order valence-corrected chi connectivity index (χ4v) is 3.40. The number of unbranched alkanes of at least 4 members (excludes halogenated alkanes) is 2. The van der Waals surface area contributed by atoms with Crippen molar-refractivity contribution < 1.29 is 19.8 Å². The highest BCUT2D eigenvalue weighted by molar-refractivity contribution is 5.68. The largest absolute Gasteiger partial charge is 0.481 e. The molecule has 0 fully saturated rings. The Hall–Kier alpha value is -1.64. The van der Waals surface area contributed by atoms with Crippen LogP contribution in [0.15, 0.2) is 29.5 Å². The lowest BCUT2D eigenvalue weighted by atomic mass is 9.85. The number of carbonyl (C=O) groups excluding carboxylic acids is 1. The second-order valence-corrected chi connectivity index (χ2v) is 6.86. The molecule has 0 radical (unpaired) electrons. The van der Waals surface area contributed by atoms with Gasteiger partial charge in [0.05, 0.1) is 12.5 Å². The Bertz CT molecular complexity index is 500. The molecule has 1 aliphatic carbocycles. The van der Waals surface area contributed by atoms with Gasteiger partial charge >= 0.3 is 5.97 Å². The number of hydrogen-bond donors (Lipinski definition) is 2. The molecule has 1 unspecified atom stereocenters. The first-order valence-corrected chi connectivity index (χ1v) is 9.51. The Morgan fingerprint density at radius 3 is 2.84 bits per heavy atom. The third-order valence-electron chi connectivity index (χ3n) is 4.86. The monoisotopic (exact) mass is 348 g/mol. The predicted octanol–water partition coefficient (Wildman–Crippen LogP) is 4.44. The van der Waals surface area contributed by atoms with E-state index in [1.54, 1.807) is 0 Å². The highest BCUT2D eigenvalue weighted by atomic mass is 16.4. The standard InChI is InChI=1S/C21H32O4/c1-2-3-6-9-19(23)15-14-17-12-13-18(16-22)20(17)10-7-4-5-8-11-21(24)25/h4,8,12,16,18-20,23H,2-3,6-7,9-11,13-15H2,1H3,(H,24,25)/t5?,18?,19-,20-/m0/s1. The second-order valence-electron chi connectivity index (χ2n) is 6.86. The van der Waals surface area contributed by atoms with Crippen molar-refractivity contribution in [2.75, 3.05) is 0 Å². The summed E-state index contributed by atoms with van der Waals surface area (Å²) in [5.74, 6) is -0.568. The Balaban J connectivity index is 2.42. The van der Waals surface area contributed by atoms with Crippen molar-refractivity contribution in [3.63, 3.8) is 0 Å².